The number of hydrogen-bond acceptors (Lipinski definition) is 3. The lowest BCUT2D eigenvalue weighted by molar-refractivity contribution is -0.120. The van der Waals surface area contributed by atoms with Crippen molar-refractivity contribution in [2.75, 3.05) is 18.4 Å². The van der Waals surface area contributed by atoms with Crippen LogP contribution in [0, 0.1) is 19.8 Å². The van der Waals surface area contributed by atoms with Gasteiger partial charge in [0.1, 0.15) is 0 Å². The van der Waals surface area contributed by atoms with Gasteiger partial charge in [-0.05, 0) is 61.9 Å². The zero-order valence-corrected chi connectivity index (χ0v) is 18.4. The van der Waals surface area contributed by atoms with E-state index >= 15 is 0 Å². The maximum absolute atomic E-state index is 13.0. The second-order valence-electron chi connectivity index (χ2n) is 8.22. The summed E-state index contributed by atoms with van der Waals surface area (Å²) < 4.78 is 27.5. The van der Waals surface area contributed by atoms with Gasteiger partial charge >= 0.3 is 0 Å². The summed E-state index contributed by atoms with van der Waals surface area (Å²) in [6.45, 7) is 8.73. The van der Waals surface area contributed by atoms with Gasteiger partial charge in [-0.2, -0.15) is 4.31 Å². The molecule has 1 N–H and O–H groups in total. The Morgan fingerprint density at radius 3 is 2.38 bits per heavy atom. The zero-order chi connectivity index (χ0) is 21.2. The molecule has 3 rings (SSSR count). The molecule has 1 saturated heterocycles. The molecule has 6 heteroatoms. The van der Waals surface area contributed by atoms with Gasteiger partial charge in [0.15, 0.2) is 0 Å². The number of sulfonamides is 1. The van der Waals surface area contributed by atoms with Crippen LogP contribution in [0.5, 0.6) is 0 Å². The van der Waals surface area contributed by atoms with Gasteiger partial charge in [-0.25, -0.2) is 8.42 Å². The molecule has 1 heterocycles. The molecular weight excluding hydrogens is 384 g/mol. The second-order valence-corrected chi connectivity index (χ2v) is 10.1. The van der Waals surface area contributed by atoms with Gasteiger partial charge in [-0.15, -0.1) is 0 Å². The van der Waals surface area contributed by atoms with E-state index in [9.17, 15) is 13.2 Å². The summed E-state index contributed by atoms with van der Waals surface area (Å²) in [4.78, 5) is 13.0. The number of nitrogens with one attached hydrogen (secondary N) is 1. The number of carbonyl (C=O) groups is 1. The number of amides is 1. The Labute approximate surface area is 174 Å². The molecule has 2 aromatic rings. The van der Waals surface area contributed by atoms with E-state index in [-0.39, 0.29) is 11.8 Å². The molecule has 2 aromatic carbocycles. The van der Waals surface area contributed by atoms with Gasteiger partial charge in [0.05, 0.1) is 4.90 Å². The Morgan fingerprint density at radius 1 is 1.07 bits per heavy atom. The van der Waals surface area contributed by atoms with Gasteiger partial charge in [0.25, 0.3) is 0 Å². The molecular formula is C23H30N2O3S. The van der Waals surface area contributed by atoms with Crippen molar-refractivity contribution in [3.63, 3.8) is 0 Å². The fraction of sp³-hybridized carbons (Fsp3) is 0.435. The predicted octanol–water partition coefficient (Wildman–Crippen LogP) is 4.47. The third-order valence-electron chi connectivity index (χ3n) is 5.59. The van der Waals surface area contributed by atoms with E-state index in [1.807, 2.05) is 44.2 Å². The molecule has 1 fully saturated rings. The smallest absolute Gasteiger partial charge is 0.243 e. The predicted molar refractivity (Wildman–Crippen MR) is 117 cm³/mol. The number of nitrogens with zero attached hydrogens (tertiary/aromatic N) is 1. The summed E-state index contributed by atoms with van der Waals surface area (Å²) in [6, 6.07) is 13.3. The average Bonchev–Trinajstić information content (AvgIpc) is 2.68. The van der Waals surface area contributed by atoms with Gasteiger partial charge in [-0.3, -0.25) is 4.79 Å². The van der Waals surface area contributed by atoms with Crippen LogP contribution in [-0.4, -0.2) is 31.7 Å². The highest BCUT2D eigenvalue weighted by Gasteiger charge is 2.32. The summed E-state index contributed by atoms with van der Waals surface area (Å²) in [6.07, 6.45) is 1.06. The monoisotopic (exact) mass is 414 g/mol. The number of hydrogen-bond donors (Lipinski definition) is 1. The van der Waals surface area contributed by atoms with E-state index in [4.69, 9.17) is 0 Å². The topological polar surface area (TPSA) is 66.5 Å². The second kappa shape index (κ2) is 8.67. The van der Waals surface area contributed by atoms with Crippen LogP contribution in [0.25, 0.3) is 0 Å². The largest absolute Gasteiger partial charge is 0.326 e. The van der Waals surface area contributed by atoms with E-state index in [1.54, 1.807) is 6.07 Å². The van der Waals surface area contributed by atoms with Gasteiger partial charge in [0.2, 0.25) is 15.9 Å². The normalized spacial score (nSPS) is 16.2. The fourth-order valence-corrected chi connectivity index (χ4v) is 5.48. The van der Waals surface area contributed by atoms with Crippen LogP contribution < -0.4 is 5.32 Å². The minimum absolute atomic E-state index is 0.0329. The standard InChI is InChI=1S/C23H30N2O3S/c1-16(2)20-6-5-7-21(15-20)24-23(26)19-10-12-25(13-11-19)29(27,28)22-9-8-17(3)14-18(22)4/h5-9,14-16,19H,10-13H2,1-4H3,(H,24,26). The molecule has 0 bridgehead atoms. The average molecular weight is 415 g/mol. The lowest BCUT2D eigenvalue weighted by atomic mass is 9.97. The van der Waals surface area contributed by atoms with Crippen LogP contribution in [0.4, 0.5) is 5.69 Å². The maximum atomic E-state index is 13.0. The van der Waals surface area contributed by atoms with Gasteiger partial charge < -0.3 is 5.32 Å². The van der Waals surface area contributed by atoms with Crippen LogP contribution >= 0.6 is 0 Å². The van der Waals surface area contributed by atoms with Crippen LogP contribution in [0.3, 0.4) is 0 Å². The third kappa shape index (κ3) is 4.87. The third-order valence-corrected chi connectivity index (χ3v) is 7.65. The summed E-state index contributed by atoms with van der Waals surface area (Å²) in [5.41, 5.74) is 3.77. The van der Waals surface area contributed by atoms with Crippen molar-refractivity contribution < 1.29 is 13.2 Å². The van der Waals surface area contributed by atoms with E-state index in [0.717, 1.165) is 16.8 Å². The molecule has 1 amide bonds. The van der Waals surface area contributed by atoms with Crippen molar-refractivity contribution in [3.05, 3.63) is 59.2 Å². The molecule has 5 nitrogen and oxygen atoms in total. The fourth-order valence-electron chi connectivity index (χ4n) is 3.81. The van der Waals surface area contributed by atoms with Crippen molar-refractivity contribution in [3.8, 4) is 0 Å². The van der Waals surface area contributed by atoms with Gasteiger partial charge in [-0.1, -0.05) is 43.7 Å². The molecule has 1 aliphatic heterocycles. The van der Waals surface area contributed by atoms with Crippen molar-refractivity contribution >= 4 is 21.6 Å². The molecule has 1 aliphatic rings. The Morgan fingerprint density at radius 2 is 1.76 bits per heavy atom. The summed E-state index contributed by atoms with van der Waals surface area (Å²) in [7, 11) is -3.53. The van der Waals surface area contributed by atoms with E-state index < -0.39 is 10.0 Å². The first-order chi connectivity index (χ1) is 13.7. The highest BCUT2D eigenvalue weighted by atomic mass is 32.2. The first-order valence-corrected chi connectivity index (χ1v) is 11.6. The lowest BCUT2D eigenvalue weighted by Crippen LogP contribution is -2.41. The van der Waals surface area contributed by atoms with E-state index in [0.29, 0.717) is 36.7 Å². The van der Waals surface area contributed by atoms with Crippen molar-refractivity contribution in [1.29, 1.82) is 0 Å². The van der Waals surface area contributed by atoms with Crippen molar-refractivity contribution in [2.45, 2.75) is 51.3 Å². The molecule has 0 aliphatic carbocycles. The molecule has 0 aromatic heterocycles. The number of rotatable bonds is 5. The minimum atomic E-state index is -3.53. The minimum Gasteiger partial charge on any atom is -0.326 e. The van der Waals surface area contributed by atoms with E-state index in [1.165, 1.54) is 9.87 Å². The van der Waals surface area contributed by atoms with Crippen LogP contribution in [-0.2, 0) is 14.8 Å². The Kier molecular flexibility index (Phi) is 6.44. The molecule has 29 heavy (non-hydrogen) atoms. The summed E-state index contributed by atoms with van der Waals surface area (Å²) >= 11 is 0. The SMILES string of the molecule is Cc1ccc(S(=O)(=O)N2CCC(C(=O)Nc3cccc(C(C)C)c3)CC2)c(C)c1. The number of aryl methyl sites for hydroxylation is 2. The Balaban J connectivity index is 1.64. The molecule has 0 saturated carbocycles. The molecule has 0 unspecified atom stereocenters. The molecule has 0 radical (unpaired) electrons. The molecule has 0 atom stereocenters. The van der Waals surface area contributed by atoms with Crippen molar-refractivity contribution in [2.24, 2.45) is 5.92 Å². The number of carbonyl (C=O) groups excluding carboxylic acids is 1. The van der Waals surface area contributed by atoms with Crippen LogP contribution in [0.15, 0.2) is 47.4 Å². The number of anilines is 1. The zero-order valence-electron chi connectivity index (χ0n) is 17.6. The van der Waals surface area contributed by atoms with E-state index in [2.05, 4.69) is 25.2 Å². The van der Waals surface area contributed by atoms with Crippen molar-refractivity contribution in [1.82, 2.24) is 4.31 Å². The lowest BCUT2D eigenvalue weighted by Gasteiger charge is -2.31. The number of piperidine rings is 1. The van der Waals surface area contributed by atoms with Crippen LogP contribution in [0.2, 0.25) is 0 Å². The quantitative estimate of drug-likeness (QED) is 0.785. The highest BCUT2D eigenvalue weighted by Crippen LogP contribution is 2.27. The van der Waals surface area contributed by atoms with Crippen LogP contribution in [0.1, 0.15) is 49.3 Å². The summed E-state index contributed by atoms with van der Waals surface area (Å²) in [5.74, 6) is 0.184. The maximum Gasteiger partial charge on any atom is 0.243 e. The summed E-state index contributed by atoms with van der Waals surface area (Å²) in [5, 5.41) is 3.00. The highest BCUT2D eigenvalue weighted by molar-refractivity contribution is 7.89. The first kappa shape index (κ1) is 21.5. The molecule has 156 valence electrons. The number of benzene rings is 2. The van der Waals surface area contributed by atoms with Gasteiger partial charge in [0, 0.05) is 24.7 Å². The Bertz CT molecular complexity index is 991. The Hall–Kier alpha value is -2.18. The first-order valence-electron chi connectivity index (χ1n) is 10.2. The molecule has 0 spiro atoms.